The first kappa shape index (κ1) is 14.6. The van der Waals surface area contributed by atoms with Crippen molar-refractivity contribution in [2.24, 2.45) is 7.05 Å². The van der Waals surface area contributed by atoms with E-state index >= 15 is 0 Å². The minimum absolute atomic E-state index is 0.188. The third-order valence-corrected chi connectivity index (χ3v) is 4.48. The summed E-state index contributed by atoms with van der Waals surface area (Å²) in [7, 11) is -0.223. The summed E-state index contributed by atoms with van der Waals surface area (Å²) in [5.41, 5.74) is 1.06. The molecule has 0 unspecified atom stereocenters. The number of aromatic nitrogens is 2. The molecule has 2 heterocycles. The number of nitrogens with zero attached hydrogens (tertiary/aromatic N) is 2. The third-order valence-electron chi connectivity index (χ3n) is 2.90. The van der Waals surface area contributed by atoms with Crippen LogP contribution in [0.2, 0.25) is 0 Å². The zero-order valence-electron chi connectivity index (χ0n) is 11.9. The van der Waals surface area contributed by atoms with Crippen molar-refractivity contribution >= 4 is 15.7 Å². The Morgan fingerprint density at radius 1 is 1.35 bits per heavy atom. The van der Waals surface area contributed by atoms with E-state index < -0.39 is 10.0 Å². The van der Waals surface area contributed by atoms with Crippen molar-refractivity contribution in [1.29, 1.82) is 0 Å². The van der Waals surface area contributed by atoms with E-state index in [1.807, 2.05) is 0 Å². The van der Waals surface area contributed by atoms with Crippen LogP contribution in [0.5, 0.6) is 0 Å². The van der Waals surface area contributed by atoms with Crippen LogP contribution in [0.15, 0.2) is 21.7 Å². The van der Waals surface area contributed by atoms with Crippen LogP contribution in [-0.2, 0) is 23.6 Å². The summed E-state index contributed by atoms with van der Waals surface area (Å²) in [4.78, 5) is 0.188. The standard InChI is InChI=1S/C12H18N4O3S/c1-8-11(6-13-3)12(9(2)19-8)20(17,18)15-10-5-14-16(4)7-10/h5,7,13,15H,6H2,1-4H3. The van der Waals surface area contributed by atoms with Crippen molar-refractivity contribution in [3.63, 3.8) is 0 Å². The van der Waals surface area contributed by atoms with Gasteiger partial charge in [0.2, 0.25) is 0 Å². The molecule has 0 saturated carbocycles. The van der Waals surface area contributed by atoms with Crippen molar-refractivity contribution in [2.75, 3.05) is 11.8 Å². The maximum Gasteiger partial charge on any atom is 0.265 e. The molecular formula is C12H18N4O3S. The highest BCUT2D eigenvalue weighted by Crippen LogP contribution is 2.28. The van der Waals surface area contributed by atoms with Gasteiger partial charge in [-0.1, -0.05) is 0 Å². The highest BCUT2D eigenvalue weighted by atomic mass is 32.2. The van der Waals surface area contributed by atoms with Gasteiger partial charge in [-0.05, 0) is 20.9 Å². The summed E-state index contributed by atoms with van der Waals surface area (Å²) >= 11 is 0. The first-order chi connectivity index (χ1) is 9.35. The molecule has 7 nitrogen and oxygen atoms in total. The third kappa shape index (κ3) is 2.70. The first-order valence-electron chi connectivity index (χ1n) is 6.10. The molecule has 0 fully saturated rings. The van der Waals surface area contributed by atoms with Gasteiger partial charge in [0.25, 0.3) is 10.0 Å². The minimum atomic E-state index is -3.70. The predicted octanol–water partition coefficient (Wildman–Crippen LogP) is 1.15. The average molecular weight is 298 g/mol. The molecule has 0 atom stereocenters. The number of hydrogen-bond donors (Lipinski definition) is 2. The molecule has 0 aliphatic heterocycles. The fourth-order valence-corrected chi connectivity index (χ4v) is 3.60. The number of aryl methyl sites for hydroxylation is 3. The van der Waals surface area contributed by atoms with Gasteiger partial charge < -0.3 is 9.73 Å². The molecule has 0 aliphatic rings. The van der Waals surface area contributed by atoms with E-state index in [1.54, 1.807) is 34.1 Å². The van der Waals surface area contributed by atoms with Crippen molar-refractivity contribution in [3.8, 4) is 0 Å². The van der Waals surface area contributed by atoms with Crippen LogP contribution < -0.4 is 10.0 Å². The molecule has 0 spiro atoms. The van der Waals surface area contributed by atoms with Gasteiger partial charge in [0.05, 0.1) is 11.9 Å². The fraction of sp³-hybridized carbons (Fsp3) is 0.417. The van der Waals surface area contributed by atoms with E-state index in [2.05, 4.69) is 15.1 Å². The van der Waals surface area contributed by atoms with Gasteiger partial charge in [-0.3, -0.25) is 9.40 Å². The Morgan fingerprint density at radius 2 is 2.05 bits per heavy atom. The molecule has 20 heavy (non-hydrogen) atoms. The van der Waals surface area contributed by atoms with Gasteiger partial charge in [0, 0.05) is 25.4 Å². The molecule has 0 aliphatic carbocycles. The summed E-state index contributed by atoms with van der Waals surface area (Å²) in [5.74, 6) is 0.979. The zero-order valence-corrected chi connectivity index (χ0v) is 12.7. The maximum absolute atomic E-state index is 12.5. The second kappa shape index (κ2) is 5.29. The number of sulfonamides is 1. The van der Waals surface area contributed by atoms with Crippen molar-refractivity contribution in [1.82, 2.24) is 15.1 Å². The van der Waals surface area contributed by atoms with Crippen molar-refractivity contribution in [2.45, 2.75) is 25.3 Å². The van der Waals surface area contributed by atoms with Gasteiger partial charge in [0.15, 0.2) is 0 Å². The molecule has 2 rings (SSSR count). The summed E-state index contributed by atoms with van der Waals surface area (Å²) in [5, 5.41) is 6.88. The summed E-state index contributed by atoms with van der Waals surface area (Å²) in [6, 6.07) is 0. The summed E-state index contributed by atoms with van der Waals surface area (Å²) in [6.45, 7) is 3.82. The molecule has 2 aromatic rings. The summed E-state index contributed by atoms with van der Waals surface area (Å²) < 4.78 is 34.5. The number of rotatable bonds is 5. The average Bonchev–Trinajstić information content (AvgIpc) is 2.84. The molecule has 110 valence electrons. The Morgan fingerprint density at radius 3 is 2.60 bits per heavy atom. The highest BCUT2D eigenvalue weighted by Gasteiger charge is 2.26. The van der Waals surface area contributed by atoms with Crippen molar-refractivity contribution in [3.05, 3.63) is 29.5 Å². The lowest BCUT2D eigenvalue weighted by molar-refractivity contribution is 0.494. The number of nitrogens with one attached hydrogen (secondary N) is 2. The van der Waals surface area contributed by atoms with Crippen molar-refractivity contribution < 1.29 is 12.8 Å². The molecular weight excluding hydrogens is 280 g/mol. The zero-order chi connectivity index (χ0) is 14.9. The predicted molar refractivity (Wildman–Crippen MR) is 75.0 cm³/mol. The topological polar surface area (TPSA) is 89.2 Å². The van der Waals surface area contributed by atoms with E-state index in [9.17, 15) is 8.42 Å². The van der Waals surface area contributed by atoms with Gasteiger partial charge >= 0.3 is 0 Å². The van der Waals surface area contributed by atoms with Gasteiger partial charge in [0.1, 0.15) is 16.4 Å². The molecule has 2 aromatic heterocycles. The molecule has 0 amide bonds. The SMILES string of the molecule is CNCc1c(C)oc(C)c1S(=O)(=O)Nc1cnn(C)c1. The Balaban J connectivity index is 2.43. The minimum Gasteiger partial charge on any atom is -0.465 e. The van der Waals surface area contributed by atoms with Gasteiger partial charge in [-0.2, -0.15) is 5.10 Å². The maximum atomic E-state index is 12.5. The highest BCUT2D eigenvalue weighted by molar-refractivity contribution is 7.92. The Bertz CT molecular complexity index is 715. The van der Waals surface area contributed by atoms with Crippen LogP contribution in [0.1, 0.15) is 17.1 Å². The Hall–Kier alpha value is -1.80. The Labute approximate surface area is 118 Å². The fourth-order valence-electron chi connectivity index (χ4n) is 2.12. The molecule has 2 N–H and O–H groups in total. The molecule has 0 aromatic carbocycles. The monoisotopic (exact) mass is 298 g/mol. The van der Waals surface area contributed by atoms with E-state index in [4.69, 9.17) is 4.42 Å². The van der Waals surface area contributed by atoms with Gasteiger partial charge in [-0.25, -0.2) is 8.42 Å². The number of anilines is 1. The summed E-state index contributed by atoms with van der Waals surface area (Å²) in [6.07, 6.45) is 3.05. The van der Waals surface area contributed by atoms with Crippen LogP contribution in [0.3, 0.4) is 0 Å². The largest absolute Gasteiger partial charge is 0.465 e. The van der Waals surface area contributed by atoms with Crippen LogP contribution in [-0.4, -0.2) is 25.2 Å². The van der Waals surface area contributed by atoms with Crippen LogP contribution >= 0.6 is 0 Å². The molecule has 0 bridgehead atoms. The van der Waals surface area contributed by atoms with E-state index in [0.29, 0.717) is 29.3 Å². The quantitative estimate of drug-likeness (QED) is 0.864. The normalized spacial score (nSPS) is 11.8. The van der Waals surface area contributed by atoms with E-state index in [1.165, 1.54) is 10.9 Å². The first-order valence-corrected chi connectivity index (χ1v) is 7.58. The Kier molecular flexibility index (Phi) is 3.87. The van der Waals surface area contributed by atoms with E-state index in [0.717, 1.165) is 0 Å². The number of hydrogen-bond acceptors (Lipinski definition) is 5. The molecule has 8 heteroatoms. The second-order valence-electron chi connectivity index (χ2n) is 4.56. The van der Waals surface area contributed by atoms with Crippen LogP contribution in [0.25, 0.3) is 0 Å². The number of furan rings is 1. The second-order valence-corrected chi connectivity index (χ2v) is 6.18. The lowest BCUT2D eigenvalue weighted by Gasteiger charge is -2.07. The lowest BCUT2D eigenvalue weighted by atomic mass is 10.2. The molecule has 0 saturated heterocycles. The smallest absolute Gasteiger partial charge is 0.265 e. The lowest BCUT2D eigenvalue weighted by Crippen LogP contribution is -2.17. The molecule has 0 radical (unpaired) electrons. The van der Waals surface area contributed by atoms with Crippen LogP contribution in [0.4, 0.5) is 5.69 Å². The van der Waals surface area contributed by atoms with Gasteiger partial charge in [-0.15, -0.1) is 0 Å². The van der Waals surface area contributed by atoms with E-state index in [-0.39, 0.29) is 4.90 Å². The van der Waals surface area contributed by atoms with Crippen LogP contribution in [0, 0.1) is 13.8 Å².